The van der Waals surface area contributed by atoms with E-state index in [1.165, 1.54) is 11.4 Å². The Morgan fingerprint density at radius 1 is 1.27 bits per heavy atom. The summed E-state index contributed by atoms with van der Waals surface area (Å²) in [6.45, 7) is 1.13. The van der Waals surface area contributed by atoms with Crippen LogP contribution in [-0.4, -0.2) is 6.61 Å². The monoisotopic (exact) mass is 169 g/mol. The summed E-state index contributed by atoms with van der Waals surface area (Å²) >= 11 is 5.32. The van der Waals surface area contributed by atoms with Gasteiger partial charge in [-0.05, 0) is 5.56 Å². The van der Waals surface area contributed by atoms with Crippen LogP contribution in [0.3, 0.4) is 0 Å². The molecule has 0 amide bonds. The lowest BCUT2D eigenvalue weighted by atomic mass is 10.2. The molecule has 0 heterocycles. The van der Waals surface area contributed by atoms with Crippen LogP contribution in [0, 0.1) is 5.88 Å². The molecule has 1 radical (unpaired) electrons. The van der Waals surface area contributed by atoms with Crippen molar-refractivity contribution < 1.29 is 4.74 Å². The Balaban J connectivity index is 2.28. The molecule has 0 fully saturated rings. The number of rotatable bonds is 4. The third-order valence-electron chi connectivity index (χ3n) is 1.29. The van der Waals surface area contributed by atoms with Gasteiger partial charge in [0.15, 0.2) is 0 Å². The maximum Gasteiger partial charge on any atom is 0.0755 e. The van der Waals surface area contributed by atoms with Crippen molar-refractivity contribution in [2.45, 2.75) is 6.61 Å². The number of hydrogen-bond donors (Lipinski definition) is 0. The fourth-order valence-electron chi connectivity index (χ4n) is 0.796. The molecule has 0 aliphatic carbocycles. The van der Waals surface area contributed by atoms with Crippen LogP contribution in [-0.2, 0) is 11.3 Å². The highest BCUT2D eigenvalue weighted by Crippen LogP contribution is 2.00. The first-order chi connectivity index (χ1) is 5.43. The average molecular weight is 170 g/mol. The summed E-state index contributed by atoms with van der Waals surface area (Å²) in [5.74, 6) is 1.48. The lowest BCUT2D eigenvalue weighted by molar-refractivity contribution is 0.145. The van der Waals surface area contributed by atoms with Crippen molar-refractivity contribution in [1.82, 2.24) is 0 Å². The molecule has 0 spiro atoms. The third kappa shape index (κ3) is 3.40. The van der Waals surface area contributed by atoms with Crippen LogP contribution in [0.1, 0.15) is 5.56 Å². The van der Waals surface area contributed by atoms with Crippen LogP contribution in [0.15, 0.2) is 30.3 Å². The zero-order chi connectivity index (χ0) is 7.94. The topological polar surface area (TPSA) is 9.23 Å². The van der Waals surface area contributed by atoms with Crippen LogP contribution in [0.2, 0.25) is 0 Å². The second-order valence-electron chi connectivity index (χ2n) is 2.16. The van der Waals surface area contributed by atoms with Crippen molar-refractivity contribution in [1.29, 1.82) is 0 Å². The predicted octanol–water partition coefficient (Wildman–Crippen LogP) is 2.60. The fourth-order valence-corrected chi connectivity index (χ4v) is 0.885. The minimum absolute atomic E-state index is 0.496. The summed E-state index contributed by atoms with van der Waals surface area (Å²) in [5.41, 5.74) is 1.17. The summed E-state index contributed by atoms with van der Waals surface area (Å²) in [5, 5.41) is 0. The molecule has 0 aliphatic rings. The van der Waals surface area contributed by atoms with Gasteiger partial charge < -0.3 is 4.74 Å². The number of benzene rings is 1. The van der Waals surface area contributed by atoms with Crippen LogP contribution in [0.5, 0.6) is 0 Å². The smallest absolute Gasteiger partial charge is 0.0755 e. The molecule has 0 unspecified atom stereocenters. The molecule has 1 nitrogen and oxygen atoms in total. The summed E-state index contributed by atoms with van der Waals surface area (Å²) in [6, 6.07) is 10.0. The third-order valence-corrected chi connectivity index (χ3v) is 1.42. The summed E-state index contributed by atoms with van der Waals surface area (Å²) < 4.78 is 5.18. The zero-order valence-corrected chi connectivity index (χ0v) is 6.92. The first-order valence-electron chi connectivity index (χ1n) is 3.47. The molecule has 0 aliphatic heterocycles. The minimum Gasteiger partial charge on any atom is -0.375 e. The van der Waals surface area contributed by atoms with Crippen molar-refractivity contribution in [3.8, 4) is 0 Å². The summed E-state index contributed by atoms with van der Waals surface area (Å²) in [7, 11) is 0. The molecule has 0 bridgehead atoms. The van der Waals surface area contributed by atoms with Gasteiger partial charge in [-0.1, -0.05) is 30.3 Å². The molecule has 1 rings (SSSR count). The Morgan fingerprint density at radius 2 is 2.00 bits per heavy atom. The molecule has 2 heteroatoms. The van der Waals surface area contributed by atoms with E-state index in [0.717, 1.165) is 0 Å². The van der Waals surface area contributed by atoms with Gasteiger partial charge in [0.1, 0.15) is 0 Å². The van der Waals surface area contributed by atoms with E-state index in [2.05, 4.69) is 0 Å². The van der Waals surface area contributed by atoms with Crippen LogP contribution >= 0.6 is 11.6 Å². The quantitative estimate of drug-likeness (QED) is 0.630. The average Bonchev–Trinajstić information content (AvgIpc) is 2.07. The molecule has 0 N–H and O–H groups in total. The van der Waals surface area contributed by atoms with E-state index in [9.17, 15) is 0 Å². The van der Waals surface area contributed by atoms with E-state index >= 15 is 0 Å². The van der Waals surface area contributed by atoms with Crippen LogP contribution < -0.4 is 0 Å². The van der Waals surface area contributed by atoms with Crippen molar-refractivity contribution in [3.05, 3.63) is 41.8 Å². The maximum absolute atomic E-state index is 5.32. The van der Waals surface area contributed by atoms with E-state index in [1.807, 2.05) is 30.3 Å². The molecule has 0 atom stereocenters. The van der Waals surface area contributed by atoms with Gasteiger partial charge in [-0.15, -0.1) is 11.6 Å². The Labute approximate surface area is 71.9 Å². The van der Waals surface area contributed by atoms with E-state index in [1.54, 1.807) is 0 Å². The highest BCUT2D eigenvalue weighted by Gasteiger charge is 1.89. The summed E-state index contributed by atoms with van der Waals surface area (Å²) in [6.07, 6.45) is 0. The van der Waals surface area contributed by atoms with Gasteiger partial charge in [-0.25, -0.2) is 0 Å². The molecule has 0 aromatic heterocycles. The summed E-state index contributed by atoms with van der Waals surface area (Å²) in [4.78, 5) is 0. The second kappa shape index (κ2) is 5.16. The van der Waals surface area contributed by atoms with Crippen molar-refractivity contribution in [2.24, 2.45) is 0 Å². The number of halogens is 1. The van der Waals surface area contributed by atoms with Gasteiger partial charge in [0.2, 0.25) is 0 Å². The van der Waals surface area contributed by atoms with Crippen molar-refractivity contribution >= 4 is 11.6 Å². The molecular weight excluding hydrogens is 160 g/mol. The van der Waals surface area contributed by atoms with Gasteiger partial charge in [-0.2, -0.15) is 0 Å². The highest BCUT2D eigenvalue weighted by molar-refractivity contribution is 6.23. The van der Waals surface area contributed by atoms with E-state index < -0.39 is 0 Å². The first-order valence-corrected chi connectivity index (χ1v) is 3.90. The molecular formula is C9H10ClO. The fraction of sp³-hybridized carbons (Fsp3) is 0.222. The van der Waals surface area contributed by atoms with Gasteiger partial charge >= 0.3 is 0 Å². The second-order valence-corrected chi connectivity index (χ2v) is 2.46. The zero-order valence-electron chi connectivity index (χ0n) is 6.16. The van der Waals surface area contributed by atoms with Gasteiger partial charge in [0.05, 0.1) is 19.1 Å². The predicted molar refractivity (Wildman–Crippen MR) is 46.3 cm³/mol. The standard InChI is InChI=1S/C9H10ClO/c10-6-7-11-8-9-4-2-1-3-5-9/h1-6H,7-8H2. The van der Waals surface area contributed by atoms with Gasteiger partial charge in [0.25, 0.3) is 0 Å². The Morgan fingerprint density at radius 3 is 2.64 bits per heavy atom. The van der Waals surface area contributed by atoms with Crippen LogP contribution in [0.25, 0.3) is 0 Å². The SMILES string of the molecule is Cl[CH]COCc1ccccc1. The van der Waals surface area contributed by atoms with E-state index in [-0.39, 0.29) is 0 Å². The molecule has 0 saturated heterocycles. The lowest BCUT2D eigenvalue weighted by Crippen LogP contribution is -1.92. The van der Waals surface area contributed by atoms with Gasteiger partial charge in [-0.3, -0.25) is 0 Å². The largest absolute Gasteiger partial charge is 0.375 e. The van der Waals surface area contributed by atoms with Crippen molar-refractivity contribution in [3.63, 3.8) is 0 Å². The number of hydrogen-bond acceptors (Lipinski definition) is 1. The Bertz CT molecular complexity index is 186. The van der Waals surface area contributed by atoms with Gasteiger partial charge in [0, 0.05) is 0 Å². The molecule has 11 heavy (non-hydrogen) atoms. The van der Waals surface area contributed by atoms with E-state index in [0.29, 0.717) is 13.2 Å². The number of ether oxygens (including phenoxy) is 1. The Hall–Kier alpha value is -0.530. The van der Waals surface area contributed by atoms with E-state index in [4.69, 9.17) is 16.3 Å². The normalized spacial score (nSPS) is 9.91. The first kappa shape index (κ1) is 8.57. The molecule has 1 aromatic carbocycles. The highest BCUT2D eigenvalue weighted by atomic mass is 35.5. The molecule has 1 aromatic rings. The van der Waals surface area contributed by atoms with Crippen LogP contribution in [0.4, 0.5) is 0 Å². The minimum atomic E-state index is 0.496. The molecule has 0 saturated carbocycles. The maximum atomic E-state index is 5.32. The lowest BCUT2D eigenvalue weighted by Gasteiger charge is -2.00. The Kier molecular flexibility index (Phi) is 4.02. The molecule has 59 valence electrons. The van der Waals surface area contributed by atoms with Crippen molar-refractivity contribution in [2.75, 3.05) is 6.61 Å².